The number of nitrogens with one attached hydrogen (secondary N) is 2. The van der Waals surface area contributed by atoms with Crippen LogP contribution in [-0.4, -0.2) is 147 Å². The van der Waals surface area contributed by atoms with Crippen molar-refractivity contribution in [1.29, 1.82) is 0 Å². The second-order valence-electron chi connectivity index (χ2n) is 18.9. The molecule has 3 rings (SSSR count). The van der Waals surface area contributed by atoms with Crippen molar-refractivity contribution in [2.24, 2.45) is 16.6 Å². The summed E-state index contributed by atoms with van der Waals surface area (Å²) in [6, 6.07) is 0. The minimum absolute atomic E-state index is 0.0385. The average Bonchev–Trinajstić information content (AvgIpc) is 3.31. The molecule has 0 saturated heterocycles. The lowest BCUT2D eigenvalue weighted by Crippen LogP contribution is -2.51. The van der Waals surface area contributed by atoms with E-state index in [0.717, 1.165) is 0 Å². The fraction of sp³-hybridized carbons (Fsp3) is 0.500. The first-order valence-corrected chi connectivity index (χ1v) is 22.9. The number of Topliss-reactive ketones (excluding diaryl/α,β-unsaturated/α-hetero) is 2. The standard InChI is InChI=1S/C19H29N5O6.C15H21N5O6.C6H13NO2.C5H6N4O2.CO2/c1-7-29-16(27)18(3,4)9-10(25)11-13(20)23-12(14(21)22-11)15(26)24-19(5,6)17(28)30-8-2;1-14(2,12(23)24)5-6(21)7-9(16)19-8(10(17)18-7)11(22)20-15(3,4)13(25)26;1-4-9-5(8)6(2,3)7;6-2-1-8-4(7)3(9-2)5(10)11;2-1-3/h7-9H2,1-6H3,(H2,20,23)(H2,21,22)(H,24,26);5H2,1-4H3,(H2,16,19)(H2,17,18)(H,20,22)(H,23,24)(H,25,26);4,7H2,1-3H3;1H,(H2,6,9)(H2,7,8)(H,10,11);. The van der Waals surface area contributed by atoms with Crippen molar-refractivity contribution < 1.29 is 87.1 Å². The van der Waals surface area contributed by atoms with Gasteiger partial charge in [-0.15, -0.1) is 0 Å². The van der Waals surface area contributed by atoms with Gasteiger partial charge in [0.05, 0.1) is 36.8 Å². The Bertz CT molecular complexity index is 2650. The number of ether oxygens (including phenoxy) is 3. The molecule has 0 aromatic carbocycles. The van der Waals surface area contributed by atoms with Crippen LogP contribution in [0.15, 0.2) is 6.20 Å². The van der Waals surface area contributed by atoms with Crippen LogP contribution in [0.25, 0.3) is 0 Å². The summed E-state index contributed by atoms with van der Waals surface area (Å²) in [5, 5.41) is 31.2. The molecule has 0 atom stereocenters. The molecule has 0 aliphatic carbocycles. The molecule has 0 aliphatic rings. The molecule has 3 heterocycles. The van der Waals surface area contributed by atoms with Crippen LogP contribution >= 0.6 is 0 Å². The Morgan fingerprint density at radius 3 is 1.16 bits per heavy atom. The number of hydrogen-bond acceptors (Lipinski definition) is 28. The van der Waals surface area contributed by atoms with Crippen molar-refractivity contribution in [2.45, 2.75) is 119 Å². The Morgan fingerprint density at radius 1 is 0.494 bits per heavy atom. The second kappa shape index (κ2) is 30.3. The van der Waals surface area contributed by atoms with Crippen LogP contribution in [-0.2, 0) is 47.8 Å². The molecule has 33 heteroatoms. The molecule has 3 aromatic rings. The van der Waals surface area contributed by atoms with E-state index in [2.05, 4.69) is 45.3 Å². The number of esters is 3. The number of amides is 2. The largest absolute Gasteiger partial charge is 0.481 e. The summed E-state index contributed by atoms with van der Waals surface area (Å²) in [6.45, 7) is 20.2. The second-order valence-corrected chi connectivity index (χ2v) is 18.9. The molecular formula is C46H69N15O18. The Kier molecular flexibility index (Phi) is 27.4. The van der Waals surface area contributed by atoms with Gasteiger partial charge in [-0.2, -0.15) is 9.59 Å². The molecule has 0 bridgehead atoms. The Morgan fingerprint density at radius 2 is 0.835 bits per heavy atom. The van der Waals surface area contributed by atoms with E-state index >= 15 is 0 Å². The smallest absolute Gasteiger partial charge is 0.373 e. The number of carbonyl (C=O) groups is 10. The van der Waals surface area contributed by atoms with E-state index in [1.165, 1.54) is 47.7 Å². The van der Waals surface area contributed by atoms with Gasteiger partial charge < -0.3 is 80.3 Å². The molecule has 33 nitrogen and oxygen atoms in total. The number of aliphatic carboxylic acids is 2. The molecule has 0 fully saturated rings. The van der Waals surface area contributed by atoms with E-state index in [4.69, 9.17) is 74.5 Å². The van der Waals surface area contributed by atoms with E-state index in [1.54, 1.807) is 48.5 Å². The summed E-state index contributed by atoms with van der Waals surface area (Å²) in [5.74, 6) is -9.89. The van der Waals surface area contributed by atoms with Gasteiger partial charge in [0.1, 0.15) is 22.4 Å². The van der Waals surface area contributed by atoms with Crippen molar-refractivity contribution in [1.82, 2.24) is 40.5 Å². The zero-order valence-electron chi connectivity index (χ0n) is 45.8. The lowest BCUT2D eigenvalue weighted by atomic mass is 9.86. The van der Waals surface area contributed by atoms with Gasteiger partial charge in [-0.25, -0.2) is 44.3 Å². The summed E-state index contributed by atoms with van der Waals surface area (Å²) < 4.78 is 14.5. The first-order valence-electron chi connectivity index (χ1n) is 22.9. The van der Waals surface area contributed by atoms with Crippen molar-refractivity contribution in [3.63, 3.8) is 0 Å². The van der Waals surface area contributed by atoms with Crippen molar-refractivity contribution in [3.8, 4) is 0 Å². The number of anilines is 6. The highest BCUT2D eigenvalue weighted by atomic mass is 16.5. The predicted octanol–water partition coefficient (Wildman–Crippen LogP) is -0.165. The SMILES string of the molecule is CC(C)(CC(=O)c1nc(N)c(C(=O)NC(C)(C)C(=O)O)nc1N)C(=O)O.CCOC(=O)C(C)(C)CC(=O)c1nc(N)c(C(=O)NC(C)(C)C(=O)OCC)nc1N.CCOC(=O)C(C)(C)N.Nc1cnc(N)c(C(=O)O)n1.O=C=O. The number of nitrogens with zero attached hydrogens (tertiary/aromatic N) is 6. The Labute approximate surface area is 451 Å². The third-order valence-electron chi connectivity index (χ3n) is 9.47. The maximum Gasteiger partial charge on any atom is 0.373 e. The Balaban J connectivity index is 0. The lowest BCUT2D eigenvalue weighted by Gasteiger charge is -2.24. The number of nitrogen functional groups attached to an aromatic ring is 6. The van der Waals surface area contributed by atoms with Crippen LogP contribution < -0.4 is 50.8 Å². The van der Waals surface area contributed by atoms with Crippen LogP contribution in [0.2, 0.25) is 0 Å². The number of carbonyl (C=O) groups excluding carboxylic acids is 9. The lowest BCUT2D eigenvalue weighted by molar-refractivity contribution is -0.192. The molecular weight excluding hydrogens is 1050 g/mol. The highest BCUT2D eigenvalue weighted by molar-refractivity contribution is 6.05. The number of aromatic nitrogens is 6. The molecule has 0 saturated carbocycles. The molecule has 79 heavy (non-hydrogen) atoms. The molecule has 2 amide bonds. The molecule has 0 aliphatic heterocycles. The van der Waals surface area contributed by atoms with Gasteiger partial charge in [-0.3, -0.25) is 33.6 Å². The summed E-state index contributed by atoms with van der Waals surface area (Å²) in [4.78, 5) is 155. The maximum atomic E-state index is 12.6. The van der Waals surface area contributed by atoms with Crippen molar-refractivity contribution >= 4 is 100 Å². The van der Waals surface area contributed by atoms with Crippen LogP contribution in [0.5, 0.6) is 0 Å². The van der Waals surface area contributed by atoms with Crippen molar-refractivity contribution in [2.75, 3.05) is 54.2 Å². The first kappa shape index (κ1) is 71.6. The highest BCUT2D eigenvalue weighted by Crippen LogP contribution is 2.27. The third-order valence-corrected chi connectivity index (χ3v) is 9.47. The molecule has 0 radical (unpaired) electrons. The molecule has 0 spiro atoms. The van der Waals surface area contributed by atoms with Gasteiger partial charge >= 0.3 is 42.0 Å². The zero-order valence-corrected chi connectivity index (χ0v) is 45.8. The molecule has 3 aromatic heterocycles. The number of carboxylic acid groups (broad SMARTS) is 3. The van der Waals surface area contributed by atoms with Gasteiger partial charge in [0.15, 0.2) is 69.1 Å². The van der Waals surface area contributed by atoms with Gasteiger partial charge in [-0.05, 0) is 90.0 Å². The van der Waals surface area contributed by atoms with Crippen molar-refractivity contribution in [3.05, 3.63) is 34.7 Å². The first-order chi connectivity index (χ1) is 36.0. The van der Waals surface area contributed by atoms with Gasteiger partial charge in [0, 0.05) is 12.8 Å². The summed E-state index contributed by atoms with van der Waals surface area (Å²) >= 11 is 0. The van der Waals surface area contributed by atoms with E-state index < -0.39 is 104 Å². The number of hydrogen-bond donors (Lipinski definition) is 12. The molecule has 19 N–H and O–H groups in total. The maximum absolute atomic E-state index is 12.6. The number of ketones is 2. The van der Waals surface area contributed by atoms with Crippen LogP contribution in [0.1, 0.15) is 155 Å². The van der Waals surface area contributed by atoms with E-state index in [-0.39, 0.29) is 77.8 Å². The zero-order chi connectivity index (χ0) is 62.4. The average molecular weight is 1120 g/mol. The van der Waals surface area contributed by atoms with E-state index in [0.29, 0.717) is 6.61 Å². The van der Waals surface area contributed by atoms with E-state index in [1.807, 2.05) is 0 Å². The van der Waals surface area contributed by atoms with Gasteiger partial charge in [-0.1, -0.05) is 0 Å². The minimum Gasteiger partial charge on any atom is -0.481 e. The fourth-order valence-electron chi connectivity index (χ4n) is 5.10. The third kappa shape index (κ3) is 23.1. The van der Waals surface area contributed by atoms with Gasteiger partial charge in [0.2, 0.25) is 0 Å². The molecule has 0 unspecified atom stereocenters. The predicted molar refractivity (Wildman–Crippen MR) is 277 cm³/mol. The highest BCUT2D eigenvalue weighted by Gasteiger charge is 2.37. The fourth-order valence-corrected chi connectivity index (χ4v) is 5.10. The monoisotopic (exact) mass is 1120 g/mol. The van der Waals surface area contributed by atoms with Crippen LogP contribution in [0.4, 0.5) is 34.9 Å². The van der Waals surface area contributed by atoms with E-state index in [9.17, 15) is 47.9 Å². The number of carboxylic acids is 3. The van der Waals surface area contributed by atoms with Crippen LogP contribution in [0.3, 0.4) is 0 Å². The molecule has 436 valence electrons. The van der Waals surface area contributed by atoms with Crippen LogP contribution in [0, 0.1) is 10.8 Å². The summed E-state index contributed by atoms with van der Waals surface area (Å²) in [6.07, 6.45) is 0.797. The number of rotatable bonds is 19. The summed E-state index contributed by atoms with van der Waals surface area (Å²) in [5.41, 5.74) is 30.7. The summed E-state index contributed by atoms with van der Waals surface area (Å²) in [7, 11) is 0. The van der Waals surface area contributed by atoms with Gasteiger partial charge in [0.25, 0.3) is 11.8 Å². The minimum atomic E-state index is -1.60. The quantitative estimate of drug-likeness (QED) is 0.0421. The Hall–Kier alpha value is -9.52. The number of aromatic carboxylic acids is 1. The number of nitrogens with two attached hydrogens (primary N) is 7. The normalized spacial score (nSPS) is 10.9. The topological polar surface area (TPSA) is 577 Å².